The van der Waals surface area contributed by atoms with Gasteiger partial charge in [-0.1, -0.05) is 0 Å². The predicted molar refractivity (Wildman–Crippen MR) is 85.4 cm³/mol. The van der Waals surface area contributed by atoms with E-state index in [1.165, 1.54) is 12.1 Å². The van der Waals surface area contributed by atoms with Crippen LogP contribution in [0.3, 0.4) is 0 Å². The SMILES string of the molecule is Cc1cc(F)c(C(O)C(O)CCNC(=O)OC(C)(C)C)cc1N. The fraction of sp³-hybridized carbons (Fsp3) is 0.562. The number of hydrogen-bond acceptors (Lipinski definition) is 5. The standard InChI is InChI=1S/C16H25FN2O4/c1-9-7-11(17)10(8-12(9)18)14(21)13(20)5-6-19-15(22)23-16(2,3)4/h7-8,13-14,20-21H,5-6,18H2,1-4H3,(H,19,22). The minimum absolute atomic E-state index is 0.0353. The lowest BCUT2D eigenvalue weighted by Gasteiger charge is -2.21. The van der Waals surface area contributed by atoms with E-state index in [9.17, 15) is 19.4 Å². The molecular weight excluding hydrogens is 303 g/mol. The fourth-order valence-corrected chi connectivity index (χ4v) is 1.94. The van der Waals surface area contributed by atoms with Gasteiger partial charge in [-0.25, -0.2) is 9.18 Å². The van der Waals surface area contributed by atoms with Gasteiger partial charge in [0.2, 0.25) is 0 Å². The Bertz CT molecular complexity index is 558. The highest BCUT2D eigenvalue weighted by atomic mass is 19.1. The molecule has 0 heterocycles. The highest BCUT2D eigenvalue weighted by Crippen LogP contribution is 2.26. The molecule has 6 nitrogen and oxygen atoms in total. The minimum Gasteiger partial charge on any atom is -0.444 e. The van der Waals surface area contributed by atoms with Gasteiger partial charge in [-0.05, 0) is 51.8 Å². The number of amides is 1. The minimum atomic E-state index is -1.43. The highest BCUT2D eigenvalue weighted by Gasteiger charge is 2.23. The second kappa shape index (κ2) is 7.61. The van der Waals surface area contributed by atoms with Crippen LogP contribution in [0.1, 0.15) is 44.4 Å². The summed E-state index contributed by atoms with van der Waals surface area (Å²) in [5.74, 6) is -0.636. The zero-order valence-corrected chi connectivity index (χ0v) is 13.9. The normalized spacial score (nSPS) is 14.2. The van der Waals surface area contributed by atoms with Crippen LogP contribution in [0.2, 0.25) is 0 Å². The maximum absolute atomic E-state index is 13.9. The van der Waals surface area contributed by atoms with Crippen LogP contribution in [-0.4, -0.2) is 34.6 Å². The van der Waals surface area contributed by atoms with Gasteiger partial charge in [-0.3, -0.25) is 0 Å². The number of benzene rings is 1. The van der Waals surface area contributed by atoms with Crippen LogP contribution in [0.15, 0.2) is 12.1 Å². The summed E-state index contributed by atoms with van der Waals surface area (Å²) in [7, 11) is 0. The third kappa shape index (κ3) is 6.03. The molecule has 0 spiro atoms. The average molecular weight is 328 g/mol. The number of ether oxygens (including phenoxy) is 1. The van der Waals surface area contributed by atoms with E-state index in [1.807, 2.05) is 0 Å². The maximum atomic E-state index is 13.9. The molecule has 0 aliphatic carbocycles. The van der Waals surface area contributed by atoms with E-state index in [2.05, 4.69) is 5.32 Å². The van der Waals surface area contributed by atoms with Crippen molar-refractivity contribution in [2.45, 2.75) is 51.9 Å². The van der Waals surface area contributed by atoms with Crippen molar-refractivity contribution in [1.82, 2.24) is 5.32 Å². The predicted octanol–water partition coefficient (Wildman–Crippen LogP) is 2.03. The first-order valence-electron chi connectivity index (χ1n) is 7.39. The van der Waals surface area contributed by atoms with E-state index in [4.69, 9.17) is 10.5 Å². The van der Waals surface area contributed by atoms with E-state index in [0.717, 1.165) is 0 Å². The number of aliphatic hydroxyl groups excluding tert-OH is 2. The van der Waals surface area contributed by atoms with E-state index in [1.54, 1.807) is 27.7 Å². The fourth-order valence-electron chi connectivity index (χ4n) is 1.94. The molecule has 2 unspecified atom stereocenters. The Morgan fingerprint density at radius 2 is 2.00 bits per heavy atom. The molecule has 5 N–H and O–H groups in total. The number of carbonyl (C=O) groups excluding carboxylic acids is 1. The van der Waals surface area contributed by atoms with Crippen LogP contribution in [0.5, 0.6) is 0 Å². The van der Waals surface area contributed by atoms with Crippen molar-refractivity contribution in [3.05, 3.63) is 29.1 Å². The third-order valence-corrected chi connectivity index (χ3v) is 3.18. The number of rotatable bonds is 5. The molecule has 0 fully saturated rings. The van der Waals surface area contributed by atoms with Crippen molar-refractivity contribution in [3.8, 4) is 0 Å². The Morgan fingerprint density at radius 1 is 1.39 bits per heavy atom. The monoisotopic (exact) mass is 328 g/mol. The lowest BCUT2D eigenvalue weighted by molar-refractivity contribution is 0.0104. The Hall–Kier alpha value is -1.86. The van der Waals surface area contributed by atoms with Crippen molar-refractivity contribution in [1.29, 1.82) is 0 Å². The number of aliphatic hydroxyl groups is 2. The summed E-state index contributed by atoms with van der Waals surface area (Å²) in [4.78, 5) is 11.5. The van der Waals surface area contributed by atoms with E-state index >= 15 is 0 Å². The van der Waals surface area contributed by atoms with E-state index in [-0.39, 0.29) is 18.5 Å². The number of nitrogens with two attached hydrogens (primary N) is 1. The first-order chi connectivity index (χ1) is 10.5. The van der Waals surface area contributed by atoms with Gasteiger partial charge < -0.3 is 26.0 Å². The number of nitrogens with one attached hydrogen (secondary N) is 1. The molecule has 0 saturated carbocycles. The molecule has 130 valence electrons. The summed E-state index contributed by atoms with van der Waals surface area (Å²) in [5.41, 5.74) is 5.89. The molecule has 1 aromatic rings. The van der Waals surface area contributed by atoms with Crippen molar-refractivity contribution >= 4 is 11.8 Å². The van der Waals surface area contributed by atoms with E-state index in [0.29, 0.717) is 11.3 Å². The average Bonchev–Trinajstić information content (AvgIpc) is 2.40. The first-order valence-corrected chi connectivity index (χ1v) is 7.39. The second-order valence-electron chi connectivity index (χ2n) is 6.46. The van der Waals surface area contributed by atoms with Crippen LogP contribution in [-0.2, 0) is 4.74 Å². The highest BCUT2D eigenvalue weighted by molar-refractivity contribution is 5.67. The van der Waals surface area contributed by atoms with Crippen molar-refractivity contribution in [2.24, 2.45) is 0 Å². The van der Waals surface area contributed by atoms with Crippen LogP contribution in [0, 0.1) is 12.7 Å². The van der Waals surface area contributed by atoms with Crippen molar-refractivity contribution in [3.63, 3.8) is 0 Å². The number of halogens is 1. The summed E-state index contributed by atoms with van der Waals surface area (Å²) >= 11 is 0. The number of aryl methyl sites for hydroxylation is 1. The van der Waals surface area contributed by atoms with Gasteiger partial charge in [0.15, 0.2) is 0 Å². The topological polar surface area (TPSA) is 105 Å². The molecule has 1 rings (SSSR count). The Balaban J connectivity index is 2.57. The molecule has 0 saturated heterocycles. The molecule has 0 aliphatic heterocycles. The quantitative estimate of drug-likeness (QED) is 0.619. The molecule has 7 heteroatoms. The van der Waals surface area contributed by atoms with Crippen LogP contribution >= 0.6 is 0 Å². The smallest absolute Gasteiger partial charge is 0.407 e. The molecule has 1 amide bonds. The lowest BCUT2D eigenvalue weighted by atomic mass is 9.99. The van der Waals surface area contributed by atoms with Gasteiger partial charge in [0.25, 0.3) is 0 Å². The summed E-state index contributed by atoms with van der Waals surface area (Å²) in [6.45, 7) is 6.92. The molecule has 23 heavy (non-hydrogen) atoms. The van der Waals surface area contributed by atoms with Gasteiger partial charge >= 0.3 is 6.09 Å². The largest absolute Gasteiger partial charge is 0.444 e. The summed E-state index contributed by atoms with van der Waals surface area (Å²) in [5, 5.41) is 22.5. The maximum Gasteiger partial charge on any atom is 0.407 e. The zero-order chi connectivity index (χ0) is 17.8. The van der Waals surface area contributed by atoms with Gasteiger partial charge in [-0.15, -0.1) is 0 Å². The Morgan fingerprint density at radius 3 is 2.57 bits per heavy atom. The number of hydrogen-bond donors (Lipinski definition) is 4. The zero-order valence-electron chi connectivity index (χ0n) is 13.9. The van der Waals surface area contributed by atoms with Gasteiger partial charge in [0.05, 0.1) is 6.10 Å². The first kappa shape index (κ1) is 19.2. The van der Waals surface area contributed by atoms with Crippen LogP contribution in [0.25, 0.3) is 0 Å². The Kier molecular flexibility index (Phi) is 6.35. The van der Waals surface area contributed by atoms with Gasteiger partial charge in [0, 0.05) is 17.8 Å². The summed E-state index contributed by atoms with van der Waals surface area (Å²) in [6, 6.07) is 2.51. The number of alkyl carbamates (subject to hydrolysis) is 1. The molecule has 1 aromatic carbocycles. The molecule has 0 bridgehead atoms. The number of nitrogen functional groups attached to an aromatic ring is 1. The second-order valence-corrected chi connectivity index (χ2v) is 6.46. The van der Waals surface area contributed by atoms with Gasteiger partial charge in [-0.2, -0.15) is 0 Å². The molecular formula is C16H25FN2O4. The molecule has 0 aliphatic rings. The molecule has 0 radical (unpaired) electrons. The molecule has 2 atom stereocenters. The van der Waals surface area contributed by atoms with Crippen molar-refractivity contribution < 1.29 is 24.1 Å². The lowest BCUT2D eigenvalue weighted by Crippen LogP contribution is -2.34. The van der Waals surface area contributed by atoms with E-state index < -0.39 is 29.7 Å². The van der Waals surface area contributed by atoms with Crippen LogP contribution < -0.4 is 11.1 Å². The number of anilines is 1. The van der Waals surface area contributed by atoms with Crippen LogP contribution in [0.4, 0.5) is 14.9 Å². The summed E-state index contributed by atoms with van der Waals surface area (Å²) < 4.78 is 18.9. The molecule has 0 aromatic heterocycles. The summed E-state index contributed by atoms with van der Waals surface area (Å²) in [6.07, 6.45) is -3.27. The number of carbonyl (C=O) groups is 1. The Labute approximate surface area is 135 Å². The third-order valence-electron chi connectivity index (χ3n) is 3.18. The van der Waals surface area contributed by atoms with Gasteiger partial charge in [0.1, 0.15) is 17.5 Å². The van der Waals surface area contributed by atoms with Crippen molar-refractivity contribution in [2.75, 3.05) is 12.3 Å².